The summed E-state index contributed by atoms with van der Waals surface area (Å²) in [7, 11) is 0.406. The summed E-state index contributed by atoms with van der Waals surface area (Å²) in [5, 5.41) is 10.1. The Hall–Kier alpha value is -3.56. The molecule has 196 valence electrons. The fraction of sp³-hybridized carbons (Fsp3) is 0.409. The van der Waals surface area contributed by atoms with E-state index in [0.29, 0.717) is 11.5 Å². The van der Waals surface area contributed by atoms with Crippen molar-refractivity contribution in [1.82, 2.24) is 39.7 Å². The van der Waals surface area contributed by atoms with E-state index < -0.39 is 26.9 Å². The van der Waals surface area contributed by atoms with Gasteiger partial charge < -0.3 is 14.2 Å². The molecule has 0 unspecified atom stereocenters. The van der Waals surface area contributed by atoms with E-state index in [1.807, 2.05) is 13.8 Å². The molecule has 0 bridgehead atoms. The largest absolute Gasteiger partial charge is 0.479 e. The fourth-order valence-electron chi connectivity index (χ4n) is 3.67. The van der Waals surface area contributed by atoms with Gasteiger partial charge in [0.05, 0.1) is 24.5 Å². The van der Waals surface area contributed by atoms with E-state index in [9.17, 15) is 8.42 Å². The lowest BCUT2D eigenvalue weighted by atomic mass is 10.2. The molecule has 0 aliphatic rings. The third-order valence-corrected chi connectivity index (χ3v) is 8.39. The average molecular weight is 547 g/mol. The molecule has 4 rings (SSSR count). The van der Waals surface area contributed by atoms with Crippen LogP contribution in [0.2, 0.25) is 0 Å². The van der Waals surface area contributed by atoms with Crippen molar-refractivity contribution in [3.05, 3.63) is 46.3 Å². The Labute approximate surface area is 217 Å². The molecule has 0 spiro atoms. The normalized spacial score (nSPS) is 13.4. The molecule has 0 saturated carbocycles. The summed E-state index contributed by atoms with van der Waals surface area (Å²) < 4.78 is 45.2. The van der Waals surface area contributed by atoms with Crippen LogP contribution < -0.4 is 9.47 Å². The maximum atomic E-state index is 13.7. The number of sulfone groups is 1. The lowest BCUT2D eigenvalue weighted by Crippen LogP contribution is -2.30. The van der Waals surface area contributed by atoms with E-state index in [-0.39, 0.29) is 29.1 Å². The second-order valence-electron chi connectivity index (χ2n) is 8.06. The van der Waals surface area contributed by atoms with Gasteiger partial charge in [0.1, 0.15) is 23.9 Å². The van der Waals surface area contributed by atoms with Crippen LogP contribution in [0.3, 0.4) is 0 Å². The third kappa shape index (κ3) is 5.28. The van der Waals surface area contributed by atoms with Gasteiger partial charge in [-0.25, -0.2) is 23.4 Å². The van der Waals surface area contributed by atoms with E-state index in [0.717, 1.165) is 10.6 Å². The molecular formula is C22H26N8O5S2. The maximum absolute atomic E-state index is 13.7. The van der Waals surface area contributed by atoms with Crippen molar-refractivity contribution in [3.8, 4) is 29.0 Å². The minimum absolute atomic E-state index is 0.0959. The number of aromatic nitrogens is 8. The van der Waals surface area contributed by atoms with Crippen molar-refractivity contribution < 1.29 is 22.6 Å². The highest BCUT2D eigenvalue weighted by atomic mass is 32.2. The predicted octanol–water partition coefficient (Wildman–Crippen LogP) is 2.30. The van der Waals surface area contributed by atoms with Crippen LogP contribution in [0.1, 0.15) is 35.2 Å². The second-order valence-corrected chi connectivity index (χ2v) is 11.5. The zero-order valence-corrected chi connectivity index (χ0v) is 22.7. The standard InChI is InChI=1S/C22H26N8O5S2/c1-12-7-23-19(24-8-12)18(33-4)13(2)37(31,32)10-16-28-29-20(15-9-36-14(3)27-15)30(16)17-21(34-5)25-11-26-22(17)35-6/h7-9,11,13,18H,10H2,1-6H3/t13-,18-/m0/s1. The molecule has 15 heteroatoms. The lowest BCUT2D eigenvalue weighted by Gasteiger charge is -2.22. The van der Waals surface area contributed by atoms with Crippen LogP contribution in [0.4, 0.5) is 0 Å². The molecule has 4 heterocycles. The molecule has 2 atom stereocenters. The molecule has 0 aliphatic carbocycles. The highest BCUT2D eigenvalue weighted by Gasteiger charge is 2.35. The first-order valence-electron chi connectivity index (χ1n) is 11.0. The van der Waals surface area contributed by atoms with Crippen molar-refractivity contribution in [2.45, 2.75) is 37.9 Å². The Balaban J connectivity index is 1.82. The highest BCUT2D eigenvalue weighted by molar-refractivity contribution is 7.91. The minimum Gasteiger partial charge on any atom is -0.479 e. The summed E-state index contributed by atoms with van der Waals surface area (Å²) in [5.41, 5.74) is 1.60. The monoisotopic (exact) mass is 546 g/mol. The number of hydrogen-bond acceptors (Lipinski definition) is 13. The number of rotatable bonds is 10. The van der Waals surface area contributed by atoms with Gasteiger partial charge in [0.25, 0.3) is 0 Å². The third-order valence-electron chi connectivity index (χ3n) is 5.58. The van der Waals surface area contributed by atoms with Crippen molar-refractivity contribution in [2.75, 3.05) is 21.3 Å². The van der Waals surface area contributed by atoms with Crippen LogP contribution in [0, 0.1) is 13.8 Å². The predicted molar refractivity (Wildman–Crippen MR) is 135 cm³/mol. The summed E-state index contributed by atoms with van der Waals surface area (Å²) >= 11 is 1.42. The van der Waals surface area contributed by atoms with E-state index in [2.05, 4.69) is 35.1 Å². The van der Waals surface area contributed by atoms with Gasteiger partial charge >= 0.3 is 0 Å². The molecule has 0 aliphatic heterocycles. The molecule has 37 heavy (non-hydrogen) atoms. The minimum atomic E-state index is -3.88. The van der Waals surface area contributed by atoms with Crippen molar-refractivity contribution >= 4 is 21.2 Å². The fourth-order valence-corrected chi connectivity index (χ4v) is 5.68. The molecule has 0 saturated heterocycles. The Bertz CT molecular complexity index is 1460. The molecular weight excluding hydrogens is 520 g/mol. The van der Waals surface area contributed by atoms with Gasteiger partial charge in [0, 0.05) is 24.9 Å². The number of thiazole rings is 1. The van der Waals surface area contributed by atoms with Gasteiger partial charge in [0.2, 0.25) is 11.8 Å². The van der Waals surface area contributed by atoms with Gasteiger partial charge in [-0.2, -0.15) is 9.97 Å². The van der Waals surface area contributed by atoms with E-state index >= 15 is 0 Å². The van der Waals surface area contributed by atoms with Gasteiger partial charge in [-0.1, -0.05) is 0 Å². The topological polar surface area (TPSA) is 157 Å². The van der Waals surface area contributed by atoms with Gasteiger partial charge in [-0.05, 0) is 26.3 Å². The molecule has 0 aromatic carbocycles. The van der Waals surface area contributed by atoms with Crippen molar-refractivity contribution in [1.29, 1.82) is 0 Å². The van der Waals surface area contributed by atoms with Crippen LogP contribution in [0.5, 0.6) is 11.8 Å². The molecule has 0 radical (unpaired) electrons. The second kappa shape index (κ2) is 10.8. The number of methoxy groups -OCH3 is 3. The van der Waals surface area contributed by atoms with Crippen LogP contribution in [-0.2, 0) is 20.3 Å². The van der Waals surface area contributed by atoms with Crippen LogP contribution in [-0.4, -0.2) is 74.7 Å². The molecule has 0 fully saturated rings. The number of hydrogen-bond donors (Lipinski definition) is 0. The van der Waals surface area contributed by atoms with Gasteiger partial charge in [0.15, 0.2) is 33.0 Å². The zero-order chi connectivity index (χ0) is 26.7. The van der Waals surface area contributed by atoms with E-state index in [1.54, 1.807) is 24.7 Å². The maximum Gasteiger partial charge on any atom is 0.245 e. The number of aryl methyl sites for hydroxylation is 2. The molecule has 13 nitrogen and oxygen atoms in total. The summed E-state index contributed by atoms with van der Waals surface area (Å²) in [4.78, 5) is 21.4. The van der Waals surface area contributed by atoms with Crippen LogP contribution in [0.25, 0.3) is 17.2 Å². The van der Waals surface area contributed by atoms with Gasteiger partial charge in [-0.3, -0.25) is 4.57 Å². The summed E-state index contributed by atoms with van der Waals surface area (Å²) in [6.07, 6.45) is 3.61. The van der Waals surface area contributed by atoms with Crippen LogP contribution in [0.15, 0.2) is 24.1 Å². The first kappa shape index (κ1) is 26.5. The van der Waals surface area contributed by atoms with Crippen molar-refractivity contribution in [3.63, 3.8) is 0 Å². The SMILES string of the molecule is COc1ncnc(OC)c1-n1c(CS(=O)(=O)[C@@H](C)[C@H](OC)c2ncc(C)cn2)nnc1-c1csc(C)n1. The first-order chi connectivity index (χ1) is 17.7. The number of ether oxygens (including phenoxy) is 3. The van der Waals surface area contributed by atoms with E-state index in [4.69, 9.17) is 14.2 Å². The summed E-state index contributed by atoms with van der Waals surface area (Å²) in [6, 6.07) is 0. The Morgan fingerprint density at radius 3 is 2.19 bits per heavy atom. The van der Waals surface area contributed by atoms with E-state index in [1.165, 1.54) is 43.6 Å². The number of nitrogens with zero attached hydrogens (tertiary/aromatic N) is 8. The Morgan fingerprint density at radius 1 is 1.00 bits per heavy atom. The smallest absolute Gasteiger partial charge is 0.245 e. The lowest BCUT2D eigenvalue weighted by molar-refractivity contribution is 0.0947. The van der Waals surface area contributed by atoms with Crippen LogP contribution >= 0.6 is 11.3 Å². The summed E-state index contributed by atoms with van der Waals surface area (Å²) in [5.74, 6) is 0.460. The van der Waals surface area contributed by atoms with Crippen molar-refractivity contribution in [2.24, 2.45) is 0 Å². The average Bonchev–Trinajstić information content (AvgIpc) is 3.50. The molecule has 4 aromatic rings. The first-order valence-corrected chi connectivity index (χ1v) is 13.6. The highest BCUT2D eigenvalue weighted by Crippen LogP contribution is 2.35. The molecule has 0 N–H and O–H groups in total. The zero-order valence-electron chi connectivity index (χ0n) is 21.1. The molecule has 4 aromatic heterocycles. The Kier molecular flexibility index (Phi) is 7.75. The Morgan fingerprint density at radius 2 is 1.65 bits per heavy atom. The quantitative estimate of drug-likeness (QED) is 0.286. The summed E-state index contributed by atoms with van der Waals surface area (Å²) in [6.45, 7) is 5.24. The molecule has 0 amide bonds. The van der Waals surface area contributed by atoms with Gasteiger partial charge in [-0.15, -0.1) is 21.5 Å².